The maximum absolute atomic E-state index is 13.0. The number of amides is 2. The summed E-state index contributed by atoms with van der Waals surface area (Å²) in [6, 6.07) is 18.0. The summed E-state index contributed by atoms with van der Waals surface area (Å²) in [6.45, 7) is 5.88. The van der Waals surface area contributed by atoms with Gasteiger partial charge in [-0.25, -0.2) is 4.98 Å². The van der Waals surface area contributed by atoms with Crippen LogP contribution in [0.15, 0.2) is 66.9 Å². The van der Waals surface area contributed by atoms with E-state index in [-0.39, 0.29) is 17.9 Å². The molecule has 31 heavy (non-hydrogen) atoms. The molecule has 3 rings (SSSR count). The number of carbonyl (C=O) groups is 2. The van der Waals surface area contributed by atoms with E-state index in [0.717, 1.165) is 17.0 Å². The van der Waals surface area contributed by atoms with Crippen LogP contribution in [0.25, 0.3) is 0 Å². The summed E-state index contributed by atoms with van der Waals surface area (Å²) < 4.78 is 5.46. The van der Waals surface area contributed by atoms with Gasteiger partial charge in [0.25, 0.3) is 5.91 Å². The molecule has 1 heterocycles. The van der Waals surface area contributed by atoms with E-state index in [1.54, 1.807) is 24.4 Å². The molecule has 3 aromatic rings. The van der Waals surface area contributed by atoms with Gasteiger partial charge >= 0.3 is 0 Å². The molecule has 0 aliphatic rings. The first-order valence-electron chi connectivity index (χ1n) is 10.1. The van der Waals surface area contributed by atoms with Crippen LogP contribution >= 0.6 is 0 Å². The molecular formula is C24H26N4O3. The molecule has 0 aliphatic heterocycles. The Balaban J connectivity index is 1.73. The lowest BCUT2D eigenvalue weighted by atomic mass is 10.1. The van der Waals surface area contributed by atoms with Crippen LogP contribution in [-0.2, 0) is 4.79 Å². The van der Waals surface area contributed by atoms with Crippen molar-refractivity contribution in [1.29, 1.82) is 0 Å². The monoisotopic (exact) mass is 418 g/mol. The largest absolute Gasteiger partial charge is 0.494 e. The van der Waals surface area contributed by atoms with Crippen LogP contribution in [-0.4, -0.2) is 23.4 Å². The number of pyridine rings is 1. The third-order valence-corrected chi connectivity index (χ3v) is 4.53. The van der Waals surface area contributed by atoms with E-state index in [1.165, 1.54) is 6.92 Å². The quantitative estimate of drug-likeness (QED) is 0.494. The first kappa shape index (κ1) is 21.8. The van der Waals surface area contributed by atoms with Crippen LogP contribution in [0.3, 0.4) is 0 Å². The molecule has 3 N–H and O–H groups in total. The fourth-order valence-corrected chi connectivity index (χ4v) is 3.07. The Bertz CT molecular complexity index is 1050. The van der Waals surface area contributed by atoms with Gasteiger partial charge in [-0.1, -0.05) is 12.1 Å². The number of hydrogen-bond acceptors (Lipinski definition) is 5. The van der Waals surface area contributed by atoms with E-state index in [0.29, 0.717) is 23.7 Å². The van der Waals surface area contributed by atoms with Crippen molar-refractivity contribution in [3.8, 4) is 5.75 Å². The second-order valence-electron chi connectivity index (χ2n) is 6.98. The zero-order valence-electron chi connectivity index (χ0n) is 17.8. The van der Waals surface area contributed by atoms with Gasteiger partial charge in [-0.05, 0) is 67.9 Å². The molecule has 0 fully saturated rings. The maximum Gasteiger partial charge on any atom is 0.255 e. The van der Waals surface area contributed by atoms with Crippen molar-refractivity contribution in [2.24, 2.45) is 0 Å². The molecule has 1 atom stereocenters. The maximum atomic E-state index is 13.0. The highest BCUT2D eigenvalue weighted by molar-refractivity contribution is 5.99. The van der Waals surface area contributed by atoms with Gasteiger partial charge in [0.1, 0.15) is 11.6 Å². The summed E-state index contributed by atoms with van der Waals surface area (Å²) in [5, 5.41) is 8.94. The molecule has 0 saturated carbocycles. The van der Waals surface area contributed by atoms with Crippen molar-refractivity contribution in [2.45, 2.75) is 26.8 Å². The SMILES string of the molecule is CCOc1ccc(Nc2ncccc2C(=O)NC(C)c2cccc(NC(C)=O)c2)cc1. The molecule has 160 valence electrons. The highest BCUT2D eigenvalue weighted by atomic mass is 16.5. The summed E-state index contributed by atoms with van der Waals surface area (Å²) in [5.74, 6) is 0.846. The van der Waals surface area contributed by atoms with Crippen LogP contribution in [0, 0.1) is 0 Å². The third kappa shape index (κ3) is 6.05. The highest BCUT2D eigenvalue weighted by Gasteiger charge is 2.16. The predicted molar refractivity (Wildman–Crippen MR) is 122 cm³/mol. The van der Waals surface area contributed by atoms with E-state index in [4.69, 9.17) is 4.74 Å². The number of carbonyl (C=O) groups excluding carboxylic acids is 2. The van der Waals surface area contributed by atoms with E-state index in [2.05, 4.69) is 20.9 Å². The van der Waals surface area contributed by atoms with Crippen LogP contribution in [0.4, 0.5) is 17.2 Å². The van der Waals surface area contributed by atoms with Gasteiger partial charge in [0.05, 0.1) is 18.2 Å². The van der Waals surface area contributed by atoms with Crippen LogP contribution in [0.5, 0.6) is 5.75 Å². The molecule has 0 radical (unpaired) electrons. The lowest BCUT2D eigenvalue weighted by Gasteiger charge is -2.17. The molecule has 0 saturated heterocycles. The van der Waals surface area contributed by atoms with Gasteiger partial charge in [-0.15, -0.1) is 0 Å². The molecular weight excluding hydrogens is 392 g/mol. The second-order valence-corrected chi connectivity index (χ2v) is 6.98. The average Bonchev–Trinajstić information content (AvgIpc) is 2.75. The Morgan fingerprint density at radius 1 is 1.03 bits per heavy atom. The zero-order valence-corrected chi connectivity index (χ0v) is 17.8. The van der Waals surface area contributed by atoms with Crippen LogP contribution < -0.4 is 20.7 Å². The van der Waals surface area contributed by atoms with Gasteiger partial charge in [0.15, 0.2) is 0 Å². The van der Waals surface area contributed by atoms with Crippen LogP contribution in [0.1, 0.15) is 42.7 Å². The van der Waals surface area contributed by atoms with Gasteiger partial charge in [-0.3, -0.25) is 9.59 Å². The number of anilines is 3. The van der Waals surface area contributed by atoms with Gasteiger partial charge in [0, 0.05) is 24.5 Å². The Morgan fingerprint density at radius 2 is 1.81 bits per heavy atom. The number of nitrogens with zero attached hydrogens (tertiary/aromatic N) is 1. The summed E-state index contributed by atoms with van der Waals surface area (Å²) in [7, 11) is 0. The van der Waals surface area contributed by atoms with Gasteiger partial charge < -0.3 is 20.7 Å². The topological polar surface area (TPSA) is 92.3 Å². The number of nitrogens with one attached hydrogen (secondary N) is 3. The lowest BCUT2D eigenvalue weighted by Crippen LogP contribution is -2.27. The average molecular weight is 418 g/mol. The minimum atomic E-state index is -0.264. The Morgan fingerprint density at radius 3 is 2.52 bits per heavy atom. The number of hydrogen-bond donors (Lipinski definition) is 3. The zero-order chi connectivity index (χ0) is 22.2. The fourth-order valence-electron chi connectivity index (χ4n) is 3.07. The summed E-state index contributed by atoms with van der Waals surface area (Å²) in [4.78, 5) is 28.6. The minimum Gasteiger partial charge on any atom is -0.494 e. The first-order chi connectivity index (χ1) is 15.0. The molecule has 0 aliphatic carbocycles. The first-order valence-corrected chi connectivity index (χ1v) is 10.1. The summed E-state index contributed by atoms with van der Waals surface area (Å²) in [5.41, 5.74) is 2.79. The van der Waals surface area contributed by atoms with Crippen molar-refractivity contribution in [1.82, 2.24) is 10.3 Å². The Labute approximate surface area is 181 Å². The molecule has 0 spiro atoms. The second kappa shape index (κ2) is 10.2. The lowest BCUT2D eigenvalue weighted by molar-refractivity contribution is -0.114. The molecule has 7 nitrogen and oxygen atoms in total. The summed E-state index contributed by atoms with van der Waals surface area (Å²) in [6.07, 6.45) is 1.63. The van der Waals surface area contributed by atoms with E-state index < -0.39 is 0 Å². The molecule has 2 aromatic carbocycles. The fraction of sp³-hybridized carbons (Fsp3) is 0.208. The number of benzene rings is 2. The smallest absolute Gasteiger partial charge is 0.255 e. The standard InChI is InChI=1S/C24H26N4O3/c1-4-31-21-12-10-19(11-13-21)28-23-22(9-6-14-25-23)24(30)26-16(2)18-7-5-8-20(15-18)27-17(3)29/h5-16H,4H2,1-3H3,(H,25,28)(H,26,30)(H,27,29). The van der Waals surface area contributed by atoms with Crippen molar-refractivity contribution in [3.05, 3.63) is 78.0 Å². The molecule has 7 heteroatoms. The van der Waals surface area contributed by atoms with Gasteiger partial charge in [0.2, 0.25) is 5.91 Å². The molecule has 1 aromatic heterocycles. The number of aromatic nitrogens is 1. The van der Waals surface area contributed by atoms with Crippen molar-refractivity contribution >= 4 is 29.0 Å². The van der Waals surface area contributed by atoms with Crippen LogP contribution in [0.2, 0.25) is 0 Å². The Kier molecular flexibility index (Phi) is 7.22. The predicted octanol–water partition coefficient (Wildman–Crippen LogP) is 4.67. The van der Waals surface area contributed by atoms with E-state index in [9.17, 15) is 9.59 Å². The number of ether oxygens (including phenoxy) is 1. The molecule has 0 bridgehead atoms. The highest BCUT2D eigenvalue weighted by Crippen LogP contribution is 2.23. The van der Waals surface area contributed by atoms with Crippen molar-refractivity contribution in [3.63, 3.8) is 0 Å². The Hall–Kier alpha value is -3.87. The van der Waals surface area contributed by atoms with Gasteiger partial charge in [-0.2, -0.15) is 0 Å². The van der Waals surface area contributed by atoms with Crippen molar-refractivity contribution < 1.29 is 14.3 Å². The van der Waals surface area contributed by atoms with E-state index in [1.807, 2.05) is 56.3 Å². The minimum absolute atomic E-state index is 0.144. The number of rotatable bonds is 8. The molecule has 1 unspecified atom stereocenters. The third-order valence-electron chi connectivity index (χ3n) is 4.53. The normalized spacial score (nSPS) is 11.3. The van der Waals surface area contributed by atoms with E-state index >= 15 is 0 Å². The molecule has 2 amide bonds. The summed E-state index contributed by atoms with van der Waals surface area (Å²) >= 11 is 0. The van der Waals surface area contributed by atoms with Crippen molar-refractivity contribution in [2.75, 3.05) is 17.2 Å².